The average molecular weight is 125 g/mol. The summed E-state index contributed by atoms with van der Waals surface area (Å²) in [5.41, 5.74) is 0.486. The molecule has 0 radical (unpaired) electrons. The molecule has 0 fully saturated rings. The van der Waals surface area contributed by atoms with E-state index in [9.17, 15) is 4.79 Å². The molecular weight excluding hydrogens is 118 g/mol. The summed E-state index contributed by atoms with van der Waals surface area (Å²) in [6.07, 6.45) is 2.78. The Hall–Kier alpha value is -1.25. The summed E-state index contributed by atoms with van der Waals surface area (Å²) in [5, 5.41) is 11.3. The first-order valence-corrected chi connectivity index (χ1v) is 2.62. The van der Waals surface area contributed by atoms with E-state index in [2.05, 4.69) is 5.32 Å². The van der Waals surface area contributed by atoms with Gasteiger partial charge in [-0.25, -0.2) is 0 Å². The zero-order valence-corrected chi connectivity index (χ0v) is 5.01. The van der Waals surface area contributed by atoms with Crippen LogP contribution in [0, 0.1) is 0 Å². The lowest BCUT2D eigenvalue weighted by atomic mass is 10.4. The summed E-state index contributed by atoms with van der Waals surface area (Å²) in [6.45, 7) is 1.74. The maximum absolute atomic E-state index is 10.4. The number of carbonyl (C=O) groups is 1. The Bertz CT molecular complexity index is 203. The molecule has 9 heavy (non-hydrogen) atoms. The molecule has 0 aliphatic carbocycles. The maximum Gasteiger partial charge on any atom is 0.252 e. The van der Waals surface area contributed by atoms with Gasteiger partial charge < -0.3 is 10.4 Å². The first-order chi connectivity index (χ1) is 4.24. The van der Waals surface area contributed by atoms with Crippen LogP contribution in [-0.4, -0.2) is 11.0 Å². The number of amides is 1. The van der Waals surface area contributed by atoms with Gasteiger partial charge in [-0.15, -0.1) is 0 Å². The fourth-order valence-corrected chi connectivity index (χ4v) is 0.655. The van der Waals surface area contributed by atoms with Gasteiger partial charge in [0.15, 0.2) is 0 Å². The van der Waals surface area contributed by atoms with Crippen LogP contribution in [0.3, 0.4) is 0 Å². The Balaban J connectivity index is 2.89. The Morgan fingerprint density at radius 2 is 2.44 bits per heavy atom. The second-order valence-electron chi connectivity index (χ2n) is 1.72. The fourth-order valence-electron chi connectivity index (χ4n) is 0.655. The molecule has 0 spiro atoms. The molecule has 1 rings (SSSR count). The van der Waals surface area contributed by atoms with Crippen molar-refractivity contribution in [2.75, 3.05) is 0 Å². The summed E-state index contributed by atoms with van der Waals surface area (Å²) in [7, 11) is 0. The lowest BCUT2D eigenvalue weighted by Crippen LogP contribution is -2.13. The van der Waals surface area contributed by atoms with Crippen molar-refractivity contribution in [2.24, 2.45) is 0 Å². The van der Waals surface area contributed by atoms with Crippen LogP contribution in [0.2, 0.25) is 0 Å². The highest BCUT2D eigenvalue weighted by molar-refractivity contribution is 5.93. The molecule has 1 aliphatic rings. The molecule has 0 unspecified atom stereocenters. The zero-order chi connectivity index (χ0) is 6.85. The van der Waals surface area contributed by atoms with Crippen molar-refractivity contribution in [1.82, 2.24) is 5.32 Å². The lowest BCUT2D eigenvalue weighted by Gasteiger charge is -1.94. The van der Waals surface area contributed by atoms with Crippen LogP contribution in [0.5, 0.6) is 0 Å². The van der Waals surface area contributed by atoms with E-state index in [0.717, 1.165) is 6.08 Å². The molecule has 3 heteroatoms. The van der Waals surface area contributed by atoms with Crippen LogP contribution in [0.15, 0.2) is 23.6 Å². The van der Waals surface area contributed by atoms with Crippen LogP contribution in [0.4, 0.5) is 0 Å². The third-order valence-corrected chi connectivity index (χ3v) is 1.09. The standard InChI is InChI=1S/C6H7NO2/c1-2-4-5(8)3-6(9)7-4/h2-3,8H,1H3,(H,7,9)/b4-2+. The van der Waals surface area contributed by atoms with Crippen LogP contribution in [-0.2, 0) is 4.79 Å². The quantitative estimate of drug-likeness (QED) is 0.494. The topological polar surface area (TPSA) is 49.3 Å². The van der Waals surface area contributed by atoms with Gasteiger partial charge in [0, 0.05) is 6.08 Å². The number of carbonyl (C=O) groups excluding carboxylic acids is 1. The van der Waals surface area contributed by atoms with Crippen LogP contribution in [0.1, 0.15) is 6.92 Å². The largest absolute Gasteiger partial charge is 0.506 e. The van der Waals surface area contributed by atoms with Crippen LogP contribution < -0.4 is 5.32 Å². The Labute approximate surface area is 52.7 Å². The van der Waals surface area contributed by atoms with E-state index in [1.54, 1.807) is 13.0 Å². The molecule has 2 N–H and O–H groups in total. The van der Waals surface area contributed by atoms with Gasteiger partial charge in [0.05, 0.1) is 5.70 Å². The smallest absolute Gasteiger partial charge is 0.252 e. The lowest BCUT2D eigenvalue weighted by molar-refractivity contribution is -0.115. The van der Waals surface area contributed by atoms with E-state index < -0.39 is 0 Å². The number of allylic oxidation sites excluding steroid dienone is 1. The van der Waals surface area contributed by atoms with Crippen molar-refractivity contribution in [3.8, 4) is 0 Å². The Morgan fingerprint density at radius 3 is 2.67 bits per heavy atom. The molecule has 1 heterocycles. The summed E-state index contributed by atoms with van der Waals surface area (Å²) in [6, 6.07) is 0. The molecule has 0 atom stereocenters. The minimum absolute atomic E-state index is 0.0162. The molecule has 1 amide bonds. The SMILES string of the molecule is C/C=C1/NC(=O)C=C1O. The number of rotatable bonds is 0. The first kappa shape index (κ1) is 5.88. The monoisotopic (exact) mass is 125 g/mol. The van der Waals surface area contributed by atoms with Crippen molar-refractivity contribution >= 4 is 5.91 Å². The van der Waals surface area contributed by atoms with Gasteiger partial charge in [-0.1, -0.05) is 6.08 Å². The third kappa shape index (κ3) is 0.937. The second kappa shape index (κ2) is 1.93. The van der Waals surface area contributed by atoms with Crippen molar-refractivity contribution in [3.63, 3.8) is 0 Å². The molecule has 0 saturated heterocycles. The van der Waals surface area contributed by atoms with Gasteiger partial charge in [0.1, 0.15) is 5.76 Å². The maximum atomic E-state index is 10.4. The number of aliphatic hydroxyl groups excluding tert-OH is 1. The average Bonchev–Trinajstić information content (AvgIpc) is 2.10. The van der Waals surface area contributed by atoms with Gasteiger partial charge in [-0.05, 0) is 6.92 Å². The van der Waals surface area contributed by atoms with Crippen molar-refractivity contribution < 1.29 is 9.90 Å². The van der Waals surface area contributed by atoms with E-state index in [1.165, 1.54) is 0 Å². The molecule has 48 valence electrons. The molecule has 0 aromatic heterocycles. The van der Waals surface area contributed by atoms with Crippen LogP contribution in [0.25, 0.3) is 0 Å². The minimum atomic E-state index is -0.263. The molecule has 0 saturated carbocycles. The number of nitrogens with one attached hydrogen (secondary N) is 1. The molecular formula is C6H7NO2. The highest BCUT2D eigenvalue weighted by Crippen LogP contribution is 2.07. The molecule has 1 aliphatic heterocycles. The predicted octanol–water partition coefficient (Wildman–Crippen LogP) is 0.462. The second-order valence-corrected chi connectivity index (χ2v) is 1.72. The van der Waals surface area contributed by atoms with Crippen molar-refractivity contribution in [2.45, 2.75) is 6.92 Å². The van der Waals surface area contributed by atoms with E-state index in [-0.39, 0.29) is 11.7 Å². The third-order valence-electron chi connectivity index (χ3n) is 1.09. The van der Waals surface area contributed by atoms with Gasteiger partial charge >= 0.3 is 0 Å². The van der Waals surface area contributed by atoms with E-state index in [0.29, 0.717) is 5.70 Å². The highest BCUT2D eigenvalue weighted by atomic mass is 16.3. The summed E-state index contributed by atoms with van der Waals surface area (Å²) < 4.78 is 0. The fraction of sp³-hybridized carbons (Fsp3) is 0.167. The van der Waals surface area contributed by atoms with Gasteiger partial charge in [0.2, 0.25) is 0 Å². The van der Waals surface area contributed by atoms with Gasteiger partial charge in [-0.3, -0.25) is 4.79 Å². The van der Waals surface area contributed by atoms with Crippen molar-refractivity contribution in [3.05, 3.63) is 23.6 Å². The normalized spacial score (nSPS) is 22.1. The highest BCUT2D eigenvalue weighted by Gasteiger charge is 2.13. The number of hydrogen-bond donors (Lipinski definition) is 2. The summed E-state index contributed by atoms with van der Waals surface area (Å²) in [4.78, 5) is 10.4. The summed E-state index contributed by atoms with van der Waals surface area (Å²) in [5.74, 6) is -0.247. The van der Waals surface area contributed by atoms with Gasteiger partial charge in [0.25, 0.3) is 5.91 Å². The number of hydrogen-bond acceptors (Lipinski definition) is 2. The Kier molecular flexibility index (Phi) is 1.26. The molecule has 3 nitrogen and oxygen atoms in total. The zero-order valence-electron chi connectivity index (χ0n) is 5.01. The van der Waals surface area contributed by atoms with E-state index in [1.807, 2.05) is 0 Å². The van der Waals surface area contributed by atoms with Crippen LogP contribution >= 0.6 is 0 Å². The molecule has 0 aromatic rings. The molecule has 0 aromatic carbocycles. The van der Waals surface area contributed by atoms with Crippen molar-refractivity contribution in [1.29, 1.82) is 0 Å². The minimum Gasteiger partial charge on any atom is -0.506 e. The first-order valence-electron chi connectivity index (χ1n) is 2.62. The van der Waals surface area contributed by atoms with E-state index >= 15 is 0 Å². The molecule has 0 bridgehead atoms. The van der Waals surface area contributed by atoms with Gasteiger partial charge in [-0.2, -0.15) is 0 Å². The Morgan fingerprint density at radius 1 is 1.78 bits per heavy atom. The number of aliphatic hydroxyl groups is 1. The van der Waals surface area contributed by atoms with E-state index in [4.69, 9.17) is 5.11 Å². The summed E-state index contributed by atoms with van der Waals surface area (Å²) >= 11 is 0. The predicted molar refractivity (Wildman–Crippen MR) is 32.6 cm³/mol.